The summed E-state index contributed by atoms with van der Waals surface area (Å²) in [5, 5.41) is 18.8. The van der Waals surface area contributed by atoms with Crippen LogP contribution in [0, 0.1) is 0 Å². The van der Waals surface area contributed by atoms with Crippen LogP contribution in [0.15, 0.2) is 72.9 Å². The van der Waals surface area contributed by atoms with Crippen molar-refractivity contribution in [3.63, 3.8) is 0 Å². The van der Waals surface area contributed by atoms with Crippen LogP contribution in [-0.2, 0) is 37.3 Å². The van der Waals surface area contributed by atoms with Gasteiger partial charge in [0.15, 0.2) is 5.65 Å². The van der Waals surface area contributed by atoms with E-state index in [-0.39, 0.29) is 35.8 Å². The molecule has 4 N–H and O–H groups in total. The summed E-state index contributed by atoms with van der Waals surface area (Å²) in [7, 11) is 0. The van der Waals surface area contributed by atoms with Crippen molar-refractivity contribution in [1.29, 1.82) is 0 Å². The Balaban J connectivity index is 1.00. The molecular weight excluding hydrogens is 679 g/mol. The number of fused-ring (bicyclic) bond motifs is 1. The highest BCUT2D eigenvalue weighted by atomic mass is 16.5. The zero-order valence-electron chi connectivity index (χ0n) is 31.5. The van der Waals surface area contributed by atoms with E-state index >= 15 is 0 Å². The highest BCUT2D eigenvalue weighted by molar-refractivity contribution is 5.97. The second-order valence-corrected chi connectivity index (χ2v) is 14.3. The Kier molecular flexibility index (Phi) is 11.9. The number of benzene rings is 2. The lowest BCUT2D eigenvalue weighted by atomic mass is 10.0. The van der Waals surface area contributed by atoms with E-state index in [9.17, 15) is 9.59 Å². The molecule has 2 aliphatic rings. The smallest absolute Gasteiger partial charge is 0.270 e. The molecule has 12 heteroatoms. The van der Waals surface area contributed by atoms with Gasteiger partial charge in [-0.3, -0.25) is 14.5 Å². The van der Waals surface area contributed by atoms with Gasteiger partial charge < -0.3 is 26.0 Å². The minimum absolute atomic E-state index is 0.171. The van der Waals surface area contributed by atoms with E-state index in [0.717, 1.165) is 83.7 Å². The van der Waals surface area contributed by atoms with Crippen LogP contribution in [0.1, 0.15) is 77.0 Å². The third-order valence-corrected chi connectivity index (χ3v) is 10.3. The summed E-state index contributed by atoms with van der Waals surface area (Å²) in [6.45, 7) is 13.1. The first-order chi connectivity index (χ1) is 26.4. The number of ether oxygens (including phenoxy) is 1. The number of aryl methyl sites for hydroxylation is 2. The maximum Gasteiger partial charge on any atom is 0.270 e. The highest BCUT2D eigenvalue weighted by Crippen LogP contribution is 2.31. The fourth-order valence-corrected chi connectivity index (χ4v) is 7.44. The van der Waals surface area contributed by atoms with E-state index in [4.69, 9.17) is 9.72 Å². The monoisotopic (exact) mass is 729 g/mol. The van der Waals surface area contributed by atoms with Crippen molar-refractivity contribution in [3.8, 4) is 11.1 Å². The van der Waals surface area contributed by atoms with Gasteiger partial charge in [0.2, 0.25) is 0 Å². The lowest BCUT2D eigenvalue weighted by Gasteiger charge is -2.31. The Morgan fingerprint density at radius 1 is 0.889 bits per heavy atom. The molecule has 1 atom stereocenters. The maximum absolute atomic E-state index is 13.5. The first kappa shape index (κ1) is 37.2. The fourth-order valence-electron chi connectivity index (χ4n) is 7.44. The second-order valence-electron chi connectivity index (χ2n) is 14.3. The first-order valence-electron chi connectivity index (χ1n) is 19.3. The summed E-state index contributed by atoms with van der Waals surface area (Å²) < 4.78 is 7.50. The summed E-state index contributed by atoms with van der Waals surface area (Å²) in [6.07, 6.45) is 4.34. The average Bonchev–Trinajstić information content (AvgIpc) is 3.63. The van der Waals surface area contributed by atoms with Gasteiger partial charge in [0.25, 0.3) is 11.8 Å². The first-order valence-corrected chi connectivity index (χ1v) is 19.3. The number of aromatic nitrogens is 4. The van der Waals surface area contributed by atoms with E-state index in [1.165, 1.54) is 5.56 Å². The van der Waals surface area contributed by atoms with Crippen molar-refractivity contribution in [2.24, 2.45) is 0 Å². The summed E-state index contributed by atoms with van der Waals surface area (Å²) in [5.74, 6) is -0.712. The van der Waals surface area contributed by atoms with Gasteiger partial charge >= 0.3 is 0 Å². The molecule has 5 aromatic rings. The van der Waals surface area contributed by atoms with Gasteiger partial charge in [-0.2, -0.15) is 5.10 Å². The van der Waals surface area contributed by atoms with Crippen LogP contribution in [0.4, 0.5) is 5.69 Å². The van der Waals surface area contributed by atoms with Crippen molar-refractivity contribution in [2.45, 2.75) is 78.3 Å². The van der Waals surface area contributed by atoms with E-state index in [1.54, 1.807) is 18.2 Å². The van der Waals surface area contributed by atoms with Gasteiger partial charge in [-0.05, 0) is 79.6 Å². The lowest BCUT2D eigenvalue weighted by molar-refractivity contribution is 0.0904. The quantitative estimate of drug-likeness (QED) is 0.127. The van der Waals surface area contributed by atoms with Crippen molar-refractivity contribution in [3.05, 3.63) is 107 Å². The summed E-state index contributed by atoms with van der Waals surface area (Å²) in [6, 6.07) is 22.6. The molecule has 282 valence electrons. The van der Waals surface area contributed by atoms with E-state index < -0.39 is 0 Å². The third kappa shape index (κ3) is 8.78. The van der Waals surface area contributed by atoms with Crippen LogP contribution >= 0.6 is 0 Å². The maximum atomic E-state index is 13.5. The Hall–Kier alpha value is -5.17. The number of pyridine rings is 2. The Morgan fingerprint density at radius 3 is 2.28 bits per heavy atom. The predicted octanol–water partition coefficient (Wildman–Crippen LogP) is 5.32. The number of nitrogens with one attached hydrogen (secondary N) is 4. The fraction of sp³-hybridized carbons (Fsp3) is 0.405. The van der Waals surface area contributed by atoms with Gasteiger partial charge in [0, 0.05) is 82.4 Å². The van der Waals surface area contributed by atoms with Gasteiger partial charge in [-0.1, -0.05) is 49.4 Å². The molecule has 12 nitrogen and oxygen atoms in total. The summed E-state index contributed by atoms with van der Waals surface area (Å²) in [4.78, 5) is 38.8. The number of anilines is 1. The van der Waals surface area contributed by atoms with E-state index in [0.29, 0.717) is 38.8 Å². The standard InChI is InChI=1S/C42H51N9O3/c1-4-36-34(39(47-33-15-19-54-20-16-33)35-25-46-51(5-2)40(35)49-36)24-45-42(53)38-14-8-13-37(48-38)41(52)44-23-29-9-6-11-31(21-29)32-12-7-10-30(22-32)27-50-18-17-43-28(3)26-50/h6-14,21-22,25,28,33,43H,4-5,15-20,23-24,26-27H2,1-3H3,(H,44,52)(H,45,53)(H,47,49)/t28-/m0/s1. The molecule has 2 amide bonds. The largest absolute Gasteiger partial charge is 0.381 e. The number of carbonyl (C=O) groups excluding carboxylic acids is 2. The molecule has 0 unspecified atom stereocenters. The minimum Gasteiger partial charge on any atom is -0.381 e. The van der Waals surface area contributed by atoms with Crippen LogP contribution in [0.2, 0.25) is 0 Å². The number of hydrogen-bond donors (Lipinski definition) is 4. The van der Waals surface area contributed by atoms with Gasteiger partial charge in [-0.25, -0.2) is 14.6 Å². The molecule has 0 aliphatic carbocycles. The normalized spacial score (nSPS) is 16.7. The molecule has 0 saturated carbocycles. The third-order valence-electron chi connectivity index (χ3n) is 10.3. The number of hydrogen-bond acceptors (Lipinski definition) is 9. The summed E-state index contributed by atoms with van der Waals surface area (Å²) in [5.41, 5.74) is 8.46. The van der Waals surface area contributed by atoms with Crippen LogP contribution in [0.3, 0.4) is 0 Å². The zero-order valence-corrected chi connectivity index (χ0v) is 31.5. The van der Waals surface area contributed by atoms with Crippen molar-refractivity contribution in [2.75, 3.05) is 38.2 Å². The van der Waals surface area contributed by atoms with E-state index in [2.05, 4.69) is 93.4 Å². The molecule has 54 heavy (non-hydrogen) atoms. The topological polar surface area (TPSA) is 138 Å². The number of nitrogens with zero attached hydrogens (tertiary/aromatic N) is 5. The average molecular weight is 730 g/mol. The second kappa shape index (κ2) is 17.3. The highest BCUT2D eigenvalue weighted by Gasteiger charge is 2.23. The molecule has 0 spiro atoms. The molecule has 2 saturated heterocycles. The number of amides is 2. The minimum atomic E-state index is -0.366. The number of rotatable bonds is 13. The van der Waals surface area contributed by atoms with Crippen molar-refractivity contribution < 1.29 is 14.3 Å². The van der Waals surface area contributed by atoms with Crippen LogP contribution in [0.25, 0.3) is 22.2 Å². The molecule has 2 aromatic carbocycles. The molecule has 3 aromatic heterocycles. The molecule has 0 radical (unpaired) electrons. The Bertz CT molecular complexity index is 2090. The van der Waals surface area contributed by atoms with Crippen LogP contribution in [-0.4, -0.2) is 81.4 Å². The molecule has 2 fully saturated rings. The molecule has 5 heterocycles. The van der Waals surface area contributed by atoms with Gasteiger partial charge in [0.05, 0.1) is 17.3 Å². The lowest BCUT2D eigenvalue weighted by Crippen LogP contribution is -2.48. The van der Waals surface area contributed by atoms with Crippen molar-refractivity contribution >= 4 is 28.5 Å². The van der Waals surface area contributed by atoms with Crippen LogP contribution < -0.4 is 21.3 Å². The predicted molar refractivity (Wildman–Crippen MR) is 211 cm³/mol. The SMILES string of the molecule is CCc1nc2c(cnn2CC)c(NC2CCOCC2)c1CNC(=O)c1cccc(C(=O)NCc2cccc(-c3cccc(CN4CCN[C@@H](C)C4)c3)c2)n1. The van der Waals surface area contributed by atoms with Gasteiger partial charge in [-0.15, -0.1) is 0 Å². The van der Waals surface area contributed by atoms with Crippen molar-refractivity contribution in [1.82, 2.24) is 40.6 Å². The Labute approximate surface area is 317 Å². The Morgan fingerprint density at radius 2 is 1.57 bits per heavy atom. The van der Waals surface area contributed by atoms with Crippen LogP contribution in [0.5, 0.6) is 0 Å². The number of carbonyl (C=O) groups is 2. The number of piperazine rings is 1. The molecule has 2 aliphatic heterocycles. The molecule has 0 bridgehead atoms. The zero-order chi connectivity index (χ0) is 37.4. The summed E-state index contributed by atoms with van der Waals surface area (Å²) >= 11 is 0. The molecule has 7 rings (SSSR count). The van der Waals surface area contributed by atoms with Gasteiger partial charge in [0.1, 0.15) is 11.4 Å². The van der Waals surface area contributed by atoms with E-state index in [1.807, 2.05) is 23.0 Å². The molecular formula is C42H51N9O3.